The van der Waals surface area contributed by atoms with Crippen LogP contribution in [-0.2, 0) is 0 Å². The SMILES string of the molecule is c1cc(-c2cccc(-c3cccc4ccccc34)c2)cc(-c2cccc(N(c3cccc(-c4cccc5ccccc45)c3)c3ccc4c(c3)oc3ccccc34)c2)c1. The van der Waals surface area contributed by atoms with Crippen molar-refractivity contribution in [2.24, 2.45) is 0 Å². The molecule has 0 saturated carbocycles. The van der Waals surface area contributed by atoms with Crippen LogP contribution in [0.1, 0.15) is 0 Å². The summed E-state index contributed by atoms with van der Waals surface area (Å²) in [5.74, 6) is 0. The molecule has 0 unspecified atom stereocenters. The predicted octanol–water partition coefficient (Wildman–Crippen LogP) is 16.0. The number of furan rings is 1. The molecule has 58 heavy (non-hydrogen) atoms. The van der Waals surface area contributed by atoms with Gasteiger partial charge in [0, 0.05) is 33.9 Å². The lowest BCUT2D eigenvalue weighted by Gasteiger charge is -2.26. The van der Waals surface area contributed by atoms with Gasteiger partial charge in [0.15, 0.2) is 0 Å². The maximum Gasteiger partial charge on any atom is 0.137 e. The zero-order valence-electron chi connectivity index (χ0n) is 31.7. The molecule has 11 aromatic rings. The highest BCUT2D eigenvalue weighted by molar-refractivity contribution is 6.06. The molecule has 0 saturated heterocycles. The second-order valence-electron chi connectivity index (χ2n) is 14.9. The molecule has 272 valence electrons. The number of para-hydroxylation sites is 1. The summed E-state index contributed by atoms with van der Waals surface area (Å²) in [4.78, 5) is 2.35. The third-order valence-electron chi connectivity index (χ3n) is 11.4. The fourth-order valence-corrected chi connectivity index (χ4v) is 8.64. The number of hydrogen-bond acceptors (Lipinski definition) is 2. The van der Waals surface area contributed by atoms with Crippen LogP contribution in [0.4, 0.5) is 17.1 Å². The van der Waals surface area contributed by atoms with Crippen molar-refractivity contribution in [1.29, 1.82) is 0 Å². The van der Waals surface area contributed by atoms with Gasteiger partial charge in [0.2, 0.25) is 0 Å². The molecular formula is C56H37NO. The highest BCUT2D eigenvalue weighted by atomic mass is 16.3. The smallest absolute Gasteiger partial charge is 0.137 e. The monoisotopic (exact) mass is 739 g/mol. The Morgan fingerprint density at radius 1 is 0.259 bits per heavy atom. The summed E-state index contributed by atoms with van der Waals surface area (Å²) in [7, 11) is 0. The fourth-order valence-electron chi connectivity index (χ4n) is 8.64. The van der Waals surface area contributed by atoms with Crippen LogP contribution in [0, 0.1) is 0 Å². The van der Waals surface area contributed by atoms with Crippen LogP contribution in [-0.4, -0.2) is 0 Å². The van der Waals surface area contributed by atoms with Gasteiger partial charge >= 0.3 is 0 Å². The Balaban J connectivity index is 1.02. The molecule has 1 heterocycles. The summed E-state index contributed by atoms with van der Waals surface area (Å²) >= 11 is 0. The number of rotatable bonds is 7. The van der Waals surface area contributed by atoms with Gasteiger partial charge < -0.3 is 9.32 Å². The minimum atomic E-state index is 0.864. The van der Waals surface area contributed by atoms with Crippen molar-refractivity contribution >= 4 is 60.5 Å². The summed E-state index contributed by atoms with van der Waals surface area (Å²) in [6.45, 7) is 0. The molecule has 0 radical (unpaired) electrons. The number of anilines is 3. The fraction of sp³-hybridized carbons (Fsp3) is 0. The minimum Gasteiger partial charge on any atom is -0.456 e. The van der Waals surface area contributed by atoms with E-state index in [-0.39, 0.29) is 0 Å². The molecule has 0 atom stereocenters. The Labute approximate surface area is 337 Å². The molecular weight excluding hydrogens is 703 g/mol. The van der Waals surface area contributed by atoms with E-state index in [1.165, 1.54) is 54.9 Å². The van der Waals surface area contributed by atoms with Gasteiger partial charge in [0.25, 0.3) is 0 Å². The largest absolute Gasteiger partial charge is 0.456 e. The highest BCUT2D eigenvalue weighted by Gasteiger charge is 2.18. The Bertz CT molecular complexity index is 3310. The summed E-state index contributed by atoms with van der Waals surface area (Å²) in [5, 5.41) is 7.21. The predicted molar refractivity (Wildman–Crippen MR) is 245 cm³/mol. The zero-order valence-corrected chi connectivity index (χ0v) is 31.7. The highest BCUT2D eigenvalue weighted by Crippen LogP contribution is 2.42. The molecule has 0 aliphatic heterocycles. The van der Waals surface area contributed by atoms with Crippen molar-refractivity contribution in [3.8, 4) is 44.5 Å². The van der Waals surface area contributed by atoms with Gasteiger partial charge in [-0.2, -0.15) is 0 Å². The molecule has 11 rings (SSSR count). The Kier molecular flexibility index (Phi) is 8.19. The van der Waals surface area contributed by atoms with Crippen LogP contribution in [0.25, 0.3) is 88.0 Å². The van der Waals surface area contributed by atoms with Gasteiger partial charge in [0.1, 0.15) is 11.2 Å². The second-order valence-corrected chi connectivity index (χ2v) is 14.9. The van der Waals surface area contributed by atoms with Gasteiger partial charge in [-0.05, 0) is 121 Å². The van der Waals surface area contributed by atoms with E-state index in [1.54, 1.807) is 0 Å². The summed E-state index contributed by atoms with van der Waals surface area (Å²) in [6.07, 6.45) is 0. The lowest BCUT2D eigenvalue weighted by Crippen LogP contribution is -2.10. The van der Waals surface area contributed by atoms with Gasteiger partial charge in [-0.1, -0.05) is 164 Å². The van der Waals surface area contributed by atoms with E-state index in [9.17, 15) is 0 Å². The first-order valence-electron chi connectivity index (χ1n) is 19.8. The van der Waals surface area contributed by atoms with Gasteiger partial charge in [0.05, 0.1) is 0 Å². The molecule has 1 aromatic heterocycles. The van der Waals surface area contributed by atoms with E-state index in [0.29, 0.717) is 0 Å². The van der Waals surface area contributed by atoms with E-state index < -0.39 is 0 Å². The minimum absolute atomic E-state index is 0.864. The average Bonchev–Trinajstić information content (AvgIpc) is 3.67. The van der Waals surface area contributed by atoms with Crippen LogP contribution in [0.3, 0.4) is 0 Å². The normalized spacial score (nSPS) is 11.4. The average molecular weight is 740 g/mol. The maximum absolute atomic E-state index is 6.44. The molecule has 2 nitrogen and oxygen atoms in total. The Morgan fingerprint density at radius 2 is 0.672 bits per heavy atom. The van der Waals surface area contributed by atoms with Crippen LogP contribution in [0.5, 0.6) is 0 Å². The number of benzene rings is 10. The van der Waals surface area contributed by atoms with Crippen molar-refractivity contribution in [2.45, 2.75) is 0 Å². The molecule has 0 aliphatic rings. The van der Waals surface area contributed by atoms with E-state index in [4.69, 9.17) is 4.42 Å². The molecule has 0 N–H and O–H groups in total. The Hall–Kier alpha value is -7.68. The van der Waals surface area contributed by atoms with E-state index in [2.05, 4.69) is 217 Å². The molecule has 0 spiro atoms. The van der Waals surface area contributed by atoms with Gasteiger partial charge in [-0.15, -0.1) is 0 Å². The lowest BCUT2D eigenvalue weighted by atomic mass is 9.94. The lowest BCUT2D eigenvalue weighted by molar-refractivity contribution is 0.669. The standard InChI is InChI=1S/C56H37NO/c1-3-25-49-38(13-1)15-11-28-51(49)44-21-8-19-42(34-44)40-17-7-18-41(33-40)43-20-9-23-46(35-43)57(48-31-32-54-53-27-5-6-30-55(53)58-56(54)37-48)47-24-10-22-45(36-47)52-29-12-16-39-14-2-4-26-50(39)52/h1-37H. The maximum atomic E-state index is 6.44. The Morgan fingerprint density at radius 3 is 1.31 bits per heavy atom. The molecule has 0 fully saturated rings. The zero-order chi connectivity index (χ0) is 38.4. The molecule has 0 amide bonds. The number of hydrogen-bond donors (Lipinski definition) is 0. The van der Waals surface area contributed by atoms with E-state index in [0.717, 1.165) is 50.1 Å². The number of fused-ring (bicyclic) bond motifs is 5. The third-order valence-corrected chi connectivity index (χ3v) is 11.4. The molecule has 10 aromatic carbocycles. The van der Waals surface area contributed by atoms with E-state index >= 15 is 0 Å². The van der Waals surface area contributed by atoms with Gasteiger partial charge in [-0.3, -0.25) is 0 Å². The van der Waals surface area contributed by atoms with Crippen LogP contribution >= 0.6 is 0 Å². The number of nitrogens with zero attached hydrogens (tertiary/aromatic N) is 1. The van der Waals surface area contributed by atoms with Crippen molar-refractivity contribution in [2.75, 3.05) is 4.90 Å². The van der Waals surface area contributed by atoms with Crippen LogP contribution in [0.15, 0.2) is 229 Å². The topological polar surface area (TPSA) is 16.4 Å². The van der Waals surface area contributed by atoms with Crippen molar-refractivity contribution in [1.82, 2.24) is 0 Å². The molecule has 0 bridgehead atoms. The van der Waals surface area contributed by atoms with Crippen molar-refractivity contribution in [3.63, 3.8) is 0 Å². The molecule has 0 aliphatic carbocycles. The van der Waals surface area contributed by atoms with Crippen LogP contribution in [0.2, 0.25) is 0 Å². The van der Waals surface area contributed by atoms with Gasteiger partial charge in [-0.25, -0.2) is 0 Å². The summed E-state index contributed by atoms with van der Waals surface area (Å²) in [5.41, 5.74) is 14.4. The quantitative estimate of drug-likeness (QED) is 0.162. The summed E-state index contributed by atoms with van der Waals surface area (Å²) < 4.78 is 6.44. The van der Waals surface area contributed by atoms with Crippen molar-refractivity contribution < 1.29 is 4.42 Å². The van der Waals surface area contributed by atoms with Crippen molar-refractivity contribution in [3.05, 3.63) is 224 Å². The first-order valence-corrected chi connectivity index (χ1v) is 19.8. The van der Waals surface area contributed by atoms with Crippen LogP contribution < -0.4 is 4.90 Å². The van der Waals surface area contributed by atoms with E-state index in [1.807, 2.05) is 12.1 Å². The first kappa shape index (κ1) is 33.6. The molecule has 2 heteroatoms. The summed E-state index contributed by atoms with van der Waals surface area (Å²) in [6, 6.07) is 80.8. The second kappa shape index (κ2) is 14.1. The first-order chi connectivity index (χ1) is 28.7. The third kappa shape index (κ3) is 6.00.